The van der Waals surface area contributed by atoms with Gasteiger partial charge in [-0.25, -0.2) is 5.84 Å². The minimum absolute atomic E-state index is 0.0962. The van der Waals surface area contributed by atoms with Gasteiger partial charge < -0.3 is 9.47 Å². The molecule has 17 heavy (non-hydrogen) atoms. The number of hydrogen-bond acceptors (Lipinski definition) is 5. The zero-order chi connectivity index (χ0) is 13.3. The Hall–Kier alpha value is -0.690. The van der Waals surface area contributed by atoms with Gasteiger partial charge in [0, 0.05) is 39.3 Å². The second-order valence-electron chi connectivity index (χ2n) is 4.16. The fourth-order valence-corrected chi connectivity index (χ4v) is 1.85. The fourth-order valence-electron chi connectivity index (χ4n) is 1.85. The largest absolute Gasteiger partial charge is 0.383 e. The average molecular weight is 247 g/mol. The molecule has 0 heterocycles. The first-order valence-corrected chi connectivity index (χ1v) is 5.79. The highest BCUT2D eigenvalue weighted by Crippen LogP contribution is 2.09. The summed E-state index contributed by atoms with van der Waals surface area (Å²) in [7, 11) is 3.33. The SMILES string of the molecule is COCCN(C(C)COC)C(C)CC(=O)NN. The summed E-state index contributed by atoms with van der Waals surface area (Å²) in [6.07, 6.45) is 0.369. The molecule has 0 aromatic rings. The maximum absolute atomic E-state index is 11.3. The summed E-state index contributed by atoms with van der Waals surface area (Å²) >= 11 is 0. The predicted octanol–water partition coefficient (Wildman–Crippen LogP) is -0.262. The number of hydrogen-bond donors (Lipinski definition) is 2. The molecule has 0 aliphatic carbocycles. The van der Waals surface area contributed by atoms with E-state index in [1.807, 2.05) is 6.92 Å². The van der Waals surface area contributed by atoms with Gasteiger partial charge in [-0.3, -0.25) is 15.1 Å². The van der Waals surface area contributed by atoms with Gasteiger partial charge in [0.25, 0.3) is 0 Å². The minimum Gasteiger partial charge on any atom is -0.383 e. The number of carbonyl (C=O) groups excluding carboxylic acids is 1. The van der Waals surface area contributed by atoms with Crippen LogP contribution in [-0.4, -0.2) is 56.9 Å². The number of rotatable bonds is 9. The van der Waals surface area contributed by atoms with E-state index in [2.05, 4.69) is 17.2 Å². The molecule has 0 saturated heterocycles. The van der Waals surface area contributed by atoms with Crippen LogP contribution < -0.4 is 11.3 Å². The lowest BCUT2D eigenvalue weighted by Gasteiger charge is -2.33. The van der Waals surface area contributed by atoms with E-state index in [1.54, 1.807) is 14.2 Å². The molecule has 102 valence electrons. The minimum atomic E-state index is -0.162. The molecular weight excluding hydrogens is 222 g/mol. The number of methoxy groups -OCH3 is 2. The van der Waals surface area contributed by atoms with Crippen LogP contribution in [0.25, 0.3) is 0 Å². The molecule has 0 bridgehead atoms. The molecule has 0 rings (SSSR count). The van der Waals surface area contributed by atoms with E-state index in [-0.39, 0.29) is 18.0 Å². The molecule has 3 N–H and O–H groups in total. The van der Waals surface area contributed by atoms with Crippen molar-refractivity contribution in [3.05, 3.63) is 0 Å². The molecule has 6 heteroatoms. The summed E-state index contributed by atoms with van der Waals surface area (Å²) in [5.41, 5.74) is 2.15. The van der Waals surface area contributed by atoms with Crippen molar-refractivity contribution in [1.82, 2.24) is 10.3 Å². The summed E-state index contributed by atoms with van der Waals surface area (Å²) < 4.78 is 10.2. The molecular formula is C11H25N3O3. The highest BCUT2D eigenvalue weighted by molar-refractivity contribution is 5.75. The predicted molar refractivity (Wildman–Crippen MR) is 66.3 cm³/mol. The lowest BCUT2D eigenvalue weighted by molar-refractivity contribution is -0.122. The number of carbonyl (C=O) groups is 1. The van der Waals surface area contributed by atoms with Gasteiger partial charge in [-0.1, -0.05) is 0 Å². The third kappa shape index (κ3) is 6.58. The van der Waals surface area contributed by atoms with Gasteiger partial charge in [-0.2, -0.15) is 0 Å². The number of nitrogens with one attached hydrogen (secondary N) is 1. The van der Waals surface area contributed by atoms with Crippen molar-refractivity contribution in [3.8, 4) is 0 Å². The Morgan fingerprint density at radius 2 is 1.94 bits per heavy atom. The summed E-state index contributed by atoms with van der Waals surface area (Å²) in [5, 5.41) is 0. The van der Waals surface area contributed by atoms with Crippen molar-refractivity contribution in [2.75, 3.05) is 34.0 Å². The standard InChI is InChI=1S/C11H25N3O3/c1-9(7-11(15)13-12)14(5-6-16-3)10(2)8-17-4/h9-10H,5-8,12H2,1-4H3,(H,13,15). The summed E-state index contributed by atoms with van der Waals surface area (Å²) in [6.45, 7) is 6.08. The van der Waals surface area contributed by atoms with Gasteiger partial charge in [-0.05, 0) is 13.8 Å². The highest BCUT2D eigenvalue weighted by Gasteiger charge is 2.21. The summed E-state index contributed by atoms with van der Waals surface area (Å²) in [5.74, 6) is 4.93. The third-order valence-corrected chi connectivity index (χ3v) is 2.74. The van der Waals surface area contributed by atoms with Crippen molar-refractivity contribution >= 4 is 5.91 Å². The fraction of sp³-hybridized carbons (Fsp3) is 0.909. The maximum atomic E-state index is 11.3. The molecule has 0 aliphatic rings. The second kappa shape index (κ2) is 9.35. The van der Waals surface area contributed by atoms with Crippen LogP contribution in [0.15, 0.2) is 0 Å². The Bertz CT molecular complexity index is 214. The molecule has 2 atom stereocenters. The van der Waals surface area contributed by atoms with Crippen LogP contribution in [0.5, 0.6) is 0 Å². The Morgan fingerprint density at radius 1 is 1.29 bits per heavy atom. The second-order valence-corrected chi connectivity index (χ2v) is 4.16. The van der Waals surface area contributed by atoms with Crippen LogP contribution in [0.4, 0.5) is 0 Å². The van der Waals surface area contributed by atoms with E-state index in [4.69, 9.17) is 15.3 Å². The Kier molecular flexibility index (Phi) is 8.97. The van der Waals surface area contributed by atoms with E-state index < -0.39 is 0 Å². The normalized spacial score (nSPS) is 14.7. The lowest BCUT2D eigenvalue weighted by atomic mass is 10.1. The molecule has 1 amide bonds. The van der Waals surface area contributed by atoms with Gasteiger partial charge in [0.15, 0.2) is 0 Å². The van der Waals surface area contributed by atoms with Crippen molar-refractivity contribution in [3.63, 3.8) is 0 Å². The summed E-state index contributed by atoms with van der Waals surface area (Å²) in [6, 6.07) is 0.328. The smallest absolute Gasteiger partial charge is 0.235 e. The summed E-state index contributed by atoms with van der Waals surface area (Å²) in [4.78, 5) is 13.4. The number of amides is 1. The van der Waals surface area contributed by atoms with E-state index in [0.717, 1.165) is 6.54 Å². The van der Waals surface area contributed by atoms with Gasteiger partial charge >= 0.3 is 0 Å². The van der Waals surface area contributed by atoms with E-state index in [1.165, 1.54) is 0 Å². The molecule has 0 fully saturated rings. The van der Waals surface area contributed by atoms with Gasteiger partial charge in [0.05, 0.1) is 13.2 Å². The van der Waals surface area contributed by atoms with E-state index >= 15 is 0 Å². The van der Waals surface area contributed by atoms with Gasteiger partial charge in [0.1, 0.15) is 0 Å². The number of nitrogens with two attached hydrogens (primary N) is 1. The van der Waals surface area contributed by atoms with Crippen molar-refractivity contribution < 1.29 is 14.3 Å². The molecule has 2 unspecified atom stereocenters. The first-order valence-electron chi connectivity index (χ1n) is 5.79. The Balaban J connectivity index is 4.37. The van der Waals surface area contributed by atoms with Crippen LogP contribution >= 0.6 is 0 Å². The number of nitrogens with zero attached hydrogens (tertiary/aromatic N) is 1. The molecule has 0 spiro atoms. The molecule has 0 aromatic heterocycles. The van der Waals surface area contributed by atoms with Crippen molar-refractivity contribution in [2.24, 2.45) is 5.84 Å². The average Bonchev–Trinajstić information content (AvgIpc) is 2.29. The molecule has 0 radical (unpaired) electrons. The number of hydrazine groups is 1. The van der Waals surface area contributed by atoms with Gasteiger partial charge in [0.2, 0.25) is 5.91 Å². The molecule has 0 saturated carbocycles. The van der Waals surface area contributed by atoms with E-state index in [0.29, 0.717) is 19.6 Å². The van der Waals surface area contributed by atoms with Gasteiger partial charge in [-0.15, -0.1) is 0 Å². The topological polar surface area (TPSA) is 76.8 Å². The lowest BCUT2D eigenvalue weighted by Crippen LogP contribution is -2.46. The highest BCUT2D eigenvalue weighted by atomic mass is 16.5. The van der Waals surface area contributed by atoms with Crippen LogP contribution in [0, 0.1) is 0 Å². The van der Waals surface area contributed by atoms with Crippen LogP contribution in [0.3, 0.4) is 0 Å². The van der Waals surface area contributed by atoms with E-state index in [9.17, 15) is 4.79 Å². The zero-order valence-electron chi connectivity index (χ0n) is 11.2. The van der Waals surface area contributed by atoms with Crippen molar-refractivity contribution in [2.45, 2.75) is 32.4 Å². The third-order valence-electron chi connectivity index (χ3n) is 2.74. The first-order chi connectivity index (χ1) is 8.06. The Labute approximate surface area is 103 Å². The molecule has 0 aromatic carbocycles. The molecule has 6 nitrogen and oxygen atoms in total. The Morgan fingerprint density at radius 3 is 2.41 bits per heavy atom. The van der Waals surface area contributed by atoms with Crippen molar-refractivity contribution in [1.29, 1.82) is 0 Å². The maximum Gasteiger partial charge on any atom is 0.235 e. The number of ether oxygens (including phenoxy) is 2. The molecule has 0 aliphatic heterocycles. The zero-order valence-corrected chi connectivity index (χ0v) is 11.2. The quantitative estimate of drug-likeness (QED) is 0.333. The van der Waals surface area contributed by atoms with Crippen LogP contribution in [0.2, 0.25) is 0 Å². The van der Waals surface area contributed by atoms with Crippen LogP contribution in [0.1, 0.15) is 20.3 Å². The first kappa shape index (κ1) is 16.3. The van der Waals surface area contributed by atoms with Crippen LogP contribution in [-0.2, 0) is 14.3 Å². The monoisotopic (exact) mass is 247 g/mol.